The van der Waals surface area contributed by atoms with E-state index in [0.29, 0.717) is 19.7 Å². The minimum Gasteiger partial charge on any atom is -0.491 e. The van der Waals surface area contributed by atoms with Gasteiger partial charge in [0.05, 0.1) is 12.0 Å². The topological polar surface area (TPSA) is 76.8 Å². The van der Waals surface area contributed by atoms with Crippen molar-refractivity contribution in [2.75, 3.05) is 39.4 Å². The first-order chi connectivity index (χ1) is 12.7. The largest absolute Gasteiger partial charge is 0.491 e. The first-order valence-electron chi connectivity index (χ1n) is 9.78. The van der Waals surface area contributed by atoms with Gasteiger partial charge in [-0.1, -0.05) is 12.1 Å². The number of carbonyl (C=O) groups is 1. The highest BCUT2D eigenvalue weighted by Crippen LogP contribution is 2.21. The zero-order valence-corrected chi connectivity index (χ0v) is 15.5. The Kier molecular flexibility index (Phi) is 7.29. The summed E-state index contributed by atoms with van der Waals surface area (Å²) in [5, 5.41) is 2.91. The van der Waals surface area contributed by atoms with Crippen LogP contribution in [0.4, 0.5) is 0 Å². The van der Waals surface area contributed by atoms with Crippen LogP contribution in [0.15, 0.2) is 24.3 Å². The van der Waals surface area contributed by atoms with Gasteiger partial charge in [-0.3, -0.25) is 9.69 Å². The number of piperidine rings is 1. The maximum atomic E-state index is 12.2. The lowest BCUT2D eigenvalue weighted by atomic mass is 9.96. The van der Waals surface area contributed by atoms with E-state index in [9.17, 15) is 4.79 Å². The minimum atomic E-state index is 0.0734. The molecule has 3 N–H and O–H groups in total. The summed E-state index contributed by atoms with van der Waals surface area (Å²) in [6.07, 6.45) is 4.48. The maximum Gasteiger partial charge on any atom is 0.224 e. The Morgan fingerprint density at radius 3 is 2.85 bits per heavy atom. The Hall–Kier alpha value is -1.63. The highest BCUT2D eigenvalue weighted by molar-refractivity contribution is 5.78. The molecule has 2 fully saturated rings. The summed E-state index contributed by atoms with van der Waals surface area (Å²) in [4.78, 5) is 14.5. The Balaban J connectivity index is 1.44. The van der Waals surface area contributed by atoms with Gasteiger partial charge in [0.1, 0.15) is 12.4 Å². The molecule has 1 aromatic carbocycles. The van der Waals surface area contributed by atoms with Crippen LogP contribution in [0.2, 0.25) is 0 Å². The molecule has 2 unspecified atom stereocenters. The van der Waals surface area contributed by atoms with Crippen LogP contribution in [0.3, 0.4) is 0 Å². The number of nitrogens with two attached hydrogens (primary N) is 1. The Labute approximate surface area is 156 Å². The summed E-state index contributed by atoms with van der Waals surface area (Å²) >= 11 is 0. The molecule has 0 aliphatic carbocycles. The smallest absolute Gasteiger partial charge is 0.224 e. The molecule has 0 spiro atoms. The Morgan fingerprint density at radius 1 is 1.27 bits per heavy atom. The average Bonchev–Trinajstić information content (AvgIpc) is 3.19. The molecule has 26 heavy (non-hydrogen) atoms. The van der Waals surface area contributed by atoms with Crippen LogP contribution in [-0.2, 0) is 16.1 Å². The lowest BCUT2D eigenvalue weighted by Gasteiger charge is -2.32. The fraction of sp³-hybridized carbons (Fsp3) is 0.650. The van der Waals surface area contributed by atoms with Gasteiger partial charge in [0.25, 0.3) is 0 Å². The number of likely N-dealkylation sites (tertiary alicyclic amines) is 1. The van der Waals surface area contributed by atoms with Gasteiger partial charge in [-0.25, -0.2) is 0 Å². The van der Waals surface area contributed by atoms with E-state index in [1.165, 1.54) is 5.56 Å². The third-order valence-electron chi connectivity index (χ3n) is 5.11. The molecule has 6 heteroatoms. The number of benzene rings is 1. The molecule has 2 saturated heterocycles. The molecule has 0 aromatic heterocycles. The van der Waals surface area contributed by atoms with Gasteiger partial charge in [-0.15, -0.1) is 0 Å². The van der Waals surface area contributed by atoms with Crippen molar-refractivity contribution in [3.8, 4) is 5.75 Å². The third kappa shape index (κ3) is 5.69. The molecule has 144 valence electrons. The number of nitrogens with zero attached hydrogens (tertiary/aromatic N) is 1. The highest BCUT2D eigenvalue weighted by Gasteiger charge is 2.25. The van der Waals surface area contributed by atoms with Gasteiger partial charge < -0.3 is 20.5 Å². The highest BCUT2D eigenvalue weighted by atomic mass is 16.5. The second kappa shape index (κ2) is 9.90. The van der Waals surface area contributed by atoms with Gasteiger partial charge in [0.15, 0.2) is 0 Å². The summed E-state index contributed by atoms with van der Waals surface area (Å²) in [6.45, 7) is 5.25. The standard InChI is InChI=1S/C20H31N3O3/c21-9-10-22-20(24)17-3-1-11-23(14-17)13-16-5-7-18(8-6-16)26-15-19-4-2-12-25-19/h5-8,17,19H,1-4,9-15,21H2,(H,22,24). The molecule has 3 rings (SSSR count). The van der Waals surface area contributed by atoms with E-state index in [4.69, 9.17) is 15.2 Å². The van der Waals surface area contributed by atoms with E-state index in [1.54, 1.807) is 0 Å². The number of ether oxygens (including phenoxy) is 2. The van der Waals surface area contributed by atoms with Crippen LogP contribution < -0.4 is 15.8 Å². The molecule has 1 amide bonds. The fourth-order valence-corrected chi connectivity index (χ4v) is 3.67. The van der Waals surface area contributed by atoms with Gasteiger partial charge in [0.2, 0.25) is 5.91 Å². The van der Waals surface area contributed by atoms with Crippen molar-refractivity contribution >= 4 is 5.91 Å². The van der Waals surface area contributed by atoms with Crippen molar-refractivity contribution in [1.82, 2.24) is 10.2 Å². The van der Waals surface area contributed by atoms with Crippen LogP contribution in [-0.4, -0.2) is 56.3 Å². The lowest BCUT2D eigenvalue weighted by Crippen LogP contribution is -2.43. The first kappa shape index (κ1) is 19.1. The van der Waals surface area contributed by atoms with Crippen molar-refractivity contribution in [3.05, 3.63) is 29.8 Å². The van der Waals surface area contributed by atoms with E-state index in [-0.39, 0.29) is 17.9 Å². The fourth-order valence-electron chi connectivity index (χ4n) is 3.67. The summed E-state index contributed by atoms with van der Waals surface area (Å²) in [5.41, 5.74) is 6.71. The molecule has 0 saturated carbocycles. The molecule has 0 bridgehead atoms. The van der Waals surface area contributed by atoms with Gasteiger partial charge in [0, 0.05) is 32.8 Å². The molecule has 6 nitrogen and oxygen atoms in total. The van der Waals surface area contributed by atoms with Crippen LogP contribution in [0, 0.1) is 5.92 Å². The lowest BCUT2D eigenvalue weighted by molar-refractivity contribution is -0.126. The van der Waals surface area contributed by atoms with Crippen molar-refractivity contribution in [2.45, 2.75) is 38.3 Å². The van der Waals surface area contributed by atoms with Crippen LogP contribution >= 0.6 is 0 Å². The number of hydrogen-bond donors (Lipinski definition) is 2. The maximum absolute atomic E-state index is 12.2. The number of hydrogen-bond acceptors (Lipinski definition) is 5. The second-order valence-electron chi connectivity index (χ2n) is 7.24. The number of rotatable bonds is 8. The molecular weight excluding hydrogens is 330 g/mol. The zero-order chi connectivity index (χ0) is 18.2. The molecule has 1 aromatic rings. The SMILES string of the molecule is NCCNC(=O)C1CCCN(Cc2ccc(OCC3CCCO3)cc2)C1. The number of amides is 1. The second-order valence-corrected chi connectivity index (χ2v) is 7.24. The predicted octanol–water partition coefficient (Wildman–Crippen LogP) is 1.53. The van der Waals surface area contributed by atoms with Crippen molar-refractivity contribution in [2.24, 2.45) is 11.7 Å². The first-order valence-corrected chi connectivity index (χ1v) is 9.78. The van der Waals surface area contributed by atoms with Crippen LogP contribution in [0.5, 0.6) is 5.75 Å². The molecular formula is C20H31N3O3. The van der Waals surface area contributed by atoms with E-state index in [1.807, 2.05) is 12.1 Å². The average molecular weight is 361 g/mol. The number of nitrogens with one attached hydrogen (secondary N) is 1. The minimum absolute atomic E-state index is 0.0734. The van der Waals surface area contributed by atoms with E-state index in [2.05, 4.69) is 22.3 Å². The summed E-state index contributed by atoms with van der Waals surface area (Å²) in [5.74, 6) is 1.10. The molecule has 2 aliphatic rings. The monoisotopic (exact) mass is 361 g/mol. The number of carbonyl (C=O) groups excluding carboxylic acids is 1. The molecule has 2 aliphatic heterocycles. The Morgan fingerprint density at radius 2 is 2.12 bits per heavy atom. The van der Waals surface area contributed by atoms with Gasteiger partial charge in [-0.2, -0.15) is 0 Å². The quantitative estimate of drug-likeness (QED) is 0.734. The van der Waals surface area contributed by atoms with Crippen LogP contribution in [0.25, 0.3) is 0 Å². The van der Waals surface area contributed by atoms with E-state index in [0.717, 1.165) is 57.7 Å². The van der Waals surface area contributed by atoms with Crippen molar-refractivity contribution in [3.63, 3.8) is 0 Å². The van der Waals surface area contributed by atoms with Gasteiger partial charge >= 0.3 is 0 Å². The van der Waals surface area contributed by atoms with E-state index < -0.39 is 0 Å². The Bertz CT molecular complexity index is 558. The third-order valence-corrected chi connectivity index (χ3v) is 5.11. The molecule has 0 radical (unpaired) electrons. The van der Waals surface area contributed by atoms with E-state index >= 15 is 0 Å². The molecule has 2 atom stereocenters. The van der Waals surface area contributed by atoms with Crippen molar-refractivity contribution < 1.29 is 14.3 Å². The van der Waals surface area contributed by atoms with Crippen molar-refractivity contribution in [1.29, 1.82) is 0 Å². The summed E-state index contributed by atoms with van der Waals surface area (Å²) in [6, 6.07) is 8.28. The summed E-state index contributed by atoms with van der Waals surface area (Å²) < 4.78 is 11.4. The summed E-state index contributed by atoms with van der Waals surface area (Å²) in [7, 11) is 0. The molecule has 2 heterocycles. The zero-order valence-electron chi connectivity index (χ0n) is 15.5. The van der Waals surface area contributed by atoms with Gasteiger partial charge in [-0.05, 0) is 49.9 Å². The predicted molar refractivity (Wildman–Crippen MR) is 101 cm³/mol. The normalized spacial score (nSPS) is 23.7. The van der Waals surface area contributed by atoms with Crippen LogP contribution in [0.1, 0.15) is 31.2 Å².